The Bertz CT molecular complexity index is 989. The van der Waals surface area contributed by atoms with E-state index in [-0.39, 0.29) is 24.1 Å². The summed E-state index contributed by atoms with van der Waals surface area (Å²) in [5, 5.41) is 3.65. The van der Waals surface area contributed by atoms with Crippen molar-refractivity contribution in [3.05, 3.63) is 69.6 Å². The minimum Gasteiger partial charge on any atom is -0.350 e. The number of aromatic nitrogens is 2. The Kier molecular flexibility index (Phi) is 6.01. The minimum atomic E-state index is -0.118. The first-order valence-electron chi connectivity index (χ1n) is 9.24. The van der Waals surface area contributed by atoms with Crippen molar-refractivity contribution in [1.82, 2.24) is 14.5 Å². The number of amides is 1. The van der Waals surface area contributed by atoms with Gasteiger partial charge in [0.15, 0.2) is 0 Å². The Morgan fingerprint density at radius 3 is 2.22 bits per heavy atom. The highest BCUT2D eigenvalue weighted by atomic mass is 35.5. The number of hydrogen-bond acceptors (Lipinski definition) is 2. The van der Waals surface area contributed by atoms with Crippen molar-refractivity contribution in [2.45, 2.75) is 45.8 Å². The highest BCUT2D eigenvalue weighted by Gasteiger charge is 2.14. The Hall–Kier alpha value is -2.53. The number of benzene rings is 2. The summed E-state index contributed by atoms with van der Waals surface area (Å²) in [6.07, 6.45) is 1.13. The molecule has 0 saturated carbocycles. The van der Waals surface area contributed by atoms with Crippen LogP contribution in [0.25, 0.3) is 11.0 Å². The third-order valence-corrected chi connectivity index (χ3v) is 4.93. The zero-order valence-corrected chi connectivity index (χ0v) is 16.4. The number of rotatable bonds is 7. The number of nitrogens with zero attached hydrogens (tertiary/aromatic N) is 2. The summed E-state index contributed by atoms with van der Waals surface area (Å²) >= 11 is 5.90. The highest BCUT2D eigenvalue weighted by Crippen LogP contribution is 2.17. The fourth-order valence-electron chi connectivity index (χ4n) is 3.29. The second kappa shape index (κ2) is 8.44. The molecule has 5 nitrogen and oxygen atoms in total. The predicted molar refractivity (Wildman–Crippen MR) is 109 cm³/mol. The normalized spacial score (nSPS) is 12.3. The molecular formula is C21H24ClN3O2. The fourth-order valence-corrected chi connectivity index (χ4v) is 3.42. The average molecular weight is 386 g/mol. The number of hydrogen-bond donors (Lipinski definition) is 1. The molecule has 1 aromatic heterocycles. The molecule has 142 valence electrons. The smallest absolute Gasteiger partial charge is 0.329 e. The van der Waals surface area contributed by atoms with Crippen LogP contribution in [0, 0.1) is 0 Å². The topological polar surface area (TPSA) is 56.0 Å². The lowest BCUT2D eigenvalue weighted by Crippen LogP contribution is -2.30. The molecule has 0 aliphatic heterocycles. The van der Waals surface area contributed by atoms with Crippen molar-refractivity contribution < 1.29 is 4.79 Å². The quantitative estimate of drug-likeness (QED) is 0.664. The van der Waals surface area contributed by atoms with Crippen LogP contribution >= 0.6 is 11.6 Å². The molecule has 1 amide bonds. The number of carbonyl (C=O) groups is 1. The molecule has 3 aromatic rings. The molecule has 1 N–H and O–H groups in total. The van der Waals surface area contributed by atoms with E-state index in [4.69, 9.17) is 11.6 Å². The maximum absolute atomic E-state index is 12.7. The van der Waals surface area contributed by atoms with Gasteiger partial charge in [0.1, 0.15) is 0 Å². The molecule has 0 spiro atoms. The van der Waals surface area contributed by atoms with E-state index in [0.717, 1.165) is 23.0 Å². The van der Waals surface area contributed by atoms with Crippen LogP contribution in [0.15, 0.2) is 53.3 Å². The Morgan fingerprint density at radius 2 is 1.63 bits per heavy atom. The van der Waals surface area contributed by atoms with Crippen molar-refractivity contribution in [2.24, 2.45) is 0 Å². The molecule has 1 heterocycles. The molecule has 0 saturated heterocycles. The van der Waals surface area contributed by atoms with E-state index >= 15 is 0 Å². The van der Waals surface area contributed by atoms with Gasteiger partial charge in [0, 0.05) is 24.5 Å². The maximum atomic E-state index is 12.7. The van der Waals surface area contributed by atoms with Crippen molar-refractivity contribution in [1.29, 1.82) is 0 Å². The van der Waals surface area contributed by atoms with Gasteiger partial charge in [-0.3, -0.25) is 13.9 Å². The monoisotopic (exact) mass is 385 g/mol. The van der Waals surface area contributed by atoms with Gasteiger partial charge in [0.2, 0.25) is 5.91 Å². The van der Waals surface area contributed by atoms with Gasteiger partial charge in [-0.2, -0.15) is 0 Å². The molecule has 0 bridgehead atoms. The van der Waals surface area contributed by atoms with Crippen LogP contribution in [-0.2, 0) is 17.9 Å². The van der Waals surface area contributed by atoms with Gasteiger partial charge in [-0.05, 0) is 43.2 Å². The average Bonchev–Trinajstić information content (AvgIpc) is 2.92. The summed E-state index contributed by atoms with van der Waals surface area (Å²) in [5.41, 5.74) is 2.72. The SMILES string of the molecule is CCCn1c(=O)n(CCC(=O)N[C@H](C)c2ccc(Cl)cc2)c2ccccc21. The first kappa shape index (κ1) is 19.2. The lowest BCUT2D eigenvalue weighted by Gasteiger charge is -2.14. The molecule has 0 aliphatic carbocycles. The second-order valence-corrected chi connectivity index (χ2v) is 7.10. The molecule has 3 rings (SSSR count). The van der Waals surface area contributed by atoms with Crippen molar-refractivity contribution in [3.8, 4) is 0 Å². The number of imidazole rings is 1. The first-order valence-corrected chi connectivity index (χ1v) is 9.62. The molecule has 2 aromatic carbocycles. The van der Waals surface area contributed by atoms with E-state index in [1.165, 1.54) is 0 Å². The van der Waals surface area contributed by atoms with Crippen LogP contribution in [-0.4, -0.2) is 15.0 Å². The molecule has 6 heteroatoms. The standard InChI is InChI=1S/C21H24ClN3O2/c1-3-13-24-18-6-4-5-7-19(18)25(21(24)27)14-12-20(26)23-15(2)16-8-10-17(22)11-9-16/h4-11,15H,3,12-14H2,1-2H3,(H,23,26)/t15-/m1/s1. The lowest BCUT2D eigenvalue weighted by molar-refractivity contribution is -0.121. The third kappa shape index (κ3) is 4.25. The Balaban J connectivity index is 1.71. The minimum absolute atomic E-state index is 0.0587. The van der Waals surface area contributed by atoms with Gasteiger partial charge in [-0.15, -0.1) is 0 Å². The highest BCUT2D eigenvalue weighted by molar-refractivity contribution is 6.30. The molecule has 27 heavy (non-hydrogen) atoms. The molecule has 0 unspecified atom stereocenters. The summed E-state index contributed by atoms with van der Waals surface area (Å²) in [7, 11) is 0. The molecule has 0 aliphatic rings. The summed E-state index contributed by atoms with van der Waals surface area (Å²) in [4.78, 5) is 25.1. The number of carbonyl (C=O) groups excluding carboxylic acids is 1. The largest absolute Gasteiger partial charge is 0.350 e. The van der Waals surface area contributed by atoms with Gasteiger partial charge in [-0.1, -0.05) is 42.8 Å². The summed E-state index contributed by atoms with van der Waals surface area (Å²) in [5.74, 6) is -0.0864. The van der Waals surface area contributed by atoms with E-state index in [0.29, 0.717) is 18.1 Å². The molecule has 1 atom stereocenters. The van der Waals surface area contributed by atoms with Crippen LogP contribution in [0.4, 0.5) is 0 Å². The Labute approximate surface area is 163 Å². The van der Waals surface area contributed by atoms with Gasteiger partial charge in [0.05, 0.1) is 17.1 Å². The number of nitrogens with one attached hydrogen (secondary N) is 1. The fraction of sp³-hybridized carbons (Fsp3) is 0.333. The van der Waals surface area contributed by atoms with E-state index in [1.807, 2.05) is 62.4 Å². The van der Waals surface area contributed by atoms with Crippen molar-refractivity contribution in [2.75, 3.05) is 0 Å². The maximum Gasteiger partial charge on any atom is 0.329 e. The van der Waals surface area contributed by atoms with E-state index in [9.17, 15) is 9.59 Å². The molecule has 0 fully saturated rings. The van der Waals surface area contributed by atoms with Crippen molar-refractivity contribution >= 4 is 28.5 Å². The van der Waals surface area contributed by atoms with E-state index in [2.05, 4.69) is 5.32 Å². The van der Waals surface area contributed by atoms with Gasteiger partial charge in [-0.25, -0.2) is 4.79 Å². The number of fused-ring (bicyclic) bond motifs is 1. The Morgan fingerprint density at radius 1 is 1.04 bits per heavy atom. The van der Waals surface area contributed by atoms with Crippen LogP contribution in [0.3, 0.4) is 0 Å². The summed E-state index contributed by atoms with van der Waals surface area (Å²) in [6.45, 7) is 5.01. The van der Waals surface area contributed by atoms with Crippen LogP contribution in [0.2, 0.25) is 5.02 Å². The second-order valence-electron chi connectivity index (χ2n) is 6.67. The van der Waals surface area contributed by atoms with Crippen LogP contribution < -0.4 is 11.0 Å². The van der Waals surface area contributed by atoms with Gasteiger partial charge >= 0.3 is 5.69 Å². The number of halogens is 1. The zero-order valence-electron chi connectivity index (χ0n) is 15.6. The molecular weight excluding hydrogens is 362 g/mol. The van der Waals surface area contributed by atoms with E-state index in [1.54, 1.807) is 9.13 Å². The summed E-state index contributed by atoms with van der Waals surface area (Å²) in [6, 6.07) is 15.0. The first-order chi connectivity index (χ1) is 13.0. The van der Waals surface area contributed by atoms with Gasteiger partial charge < -0.3 is 5.32 Å². The predicted octanol–water partition coefficient (Wildman–Crippen LogP) is 4.13. The number of aryl methyl sites for hydroxylation is 2. The zero-order chi connectivity index (χ0) is 19.4. The van der Waals surface area contributed by atoms with Crippen LogP contribution in [0.1, 0.15) is 38.3 Å². The van der Waals surface area contributed by atoms with E-state index < -0.39 is 0 Å². The van der Waals surface area contributed by atoms with Crippen molar-refractivity contribution in [3.63, 3.8) is 0 Å². The molecule has 0 radical (unpaired) electrons. The summed E-state index contributed by atoms with van der Waals surface area (Å²) < 4.78 is 3.47. The number of para-hydroxylation sites is 2. The lowest BCUT2D eigenvalue weighted by atomic mass is 10.1. The third-order valence-electron chi connectivity index (χ3n) is 4.68. The van der Waals surface area contributed by atoms with Gasteiger partial charge in [0.25, 0.3) is 0 Å². The van der Waals surface area contributed by atoms with Crippen LogP contribution in [0.5, 0.6) is 0 Å².